The minimum Gasteiger partial charge on any atom is -0.468 e. The van der Waals surface area contributed by atoms with Crippen LogP contribution in [0.3, 0.4) is 0 Å². The van der Waals surface area contributed by atoms with Gasteiger partial charge >= 0.3 is 30.8 Å². The lowest BCUT2D eigenvalue weighted by Crippen LogP contribution is -2.32. The first-order valence-corrected chi connectivity index (χ1v) is 9.52. The first kappa shape index (κ1) is 26.7. The number of hydrogen-bond acceptors (Lipinski definition) is 6. The van der Waals surface area contributed by atoms with Gasteiger partial charge in [-0.25, -0.2) is 4.79 Å². The molecule has 0 fully saturated rings. The van der Waals surface area contributed by atoms with Crippen molar-refractivity contribution >= 4 is 17.5 Å². The van der Waals surface area contributed by atoms with Gasteiger partial charge in [-0.1, -0.05) is 6.08 Å². The van der Waals surface area contributed by atoms with Gasteiger partial charge in [0.1, 0.15) is 11.6 Å². The molecule has 196 valence electrons. The first-order chi connectivity index (χ1) is 16.6. The Hall–Kier alpha value is -3.92. The van der Waals surface area contributed by atoms with Gasteiger partial charge in [-0.15, -0.1) is 13.2 Å². The van der Waals surface area contributed by atoms with Gasteiger partial charge in [0.05, 0.1) is 5.69 Å². The maximum absolute atomic E-state index is 12.8. The van der Waals surface area contributed by atoms with Gasteiger partial charge in [0.2, 0.25) is 5.88 Å². The molecule has 1 heterocycles. The van der Waals surface area contributed by atoms with Crippen LogP contribution in [-0.2, 0) is 0 Å². The topological polar surface area (TPSA) is 85.8 Å². The third kappa shape index (κ3) is 8.70. The predicted molar refractivity (Wildman–Crippen MR) is 102 cm³/mol. The van der Waals surface area contributed by atoms with Crippen molar-refractivity contribution in [1.29, 1.82) is 0 Å². The average Bonchev–Trinajstić information content (AvgIpc) is 3.55. The Morgan fingerprint density at radius 3 is 2.03 bits per heavy atom. The number of halogens is 9. The molecule has 0 atom stereocenters. The molecule has 2 amide bonds. The summed E-state index contributed by atoms with van der Waals surface area (Å²) in [7, 11) is 0. The number of alkyl halides is 9. The maximum atomic E-state index is 12.8. The number of amides is 2. The zero-order valence-corrected chi connectivity index (χ0v) is 17.5. The molecule has 1 N–H and O–H groups in total. The number of ether oxygens (including phenoxy) is 3. The fraction of sp³-hybridized carbons (Fsp3) is 0.316. The molecule has 17 heteroatoms. The van der Waals surface area contributed by atoms with Crippen molar-refractivity contribution in [2.45, 2.75) is 25.1 Å². The second-order valence-corrected chi connectivity index (χ2v) is 6.89. The largest absolute Gasteiger partial charge is 0.573 e. The molecule has 3 rings (SSSR count). The van der Waals surface area contributed by atoms with Gasteiger partial charge in [-0.05, 0) is 24.3 Å². The molecule has 36 heavy (non-hydrogen) atoms. The molecule has 1 aromatic carbocycles. The van der Waals surface area contributed by atoms with Crippen molar-refractivity contribution < 1.29 is 58.5 Å². The number of carbonyl (C=O) groups excluding carboxylic acids is 1. The molecule has 8 nitrogen and oxygen atoms in total. The molecule has 0 bridgehead atoms. The van der Waals surface area contributed by atoms with Crippen LogP contribution < -0.4 is 24.4 Å². The number of hydrogen-bond donors (Lipinski definition) is 1. The summed E-state index contributed by atoms with van der Waals surface area (Å²) >= 11 is 0. The lowest BCUT2D eigenvalue weighted by Gasteiger charge is -2.21. The number of aromatic nitrogens is 2. The van der Waals surface area contributed by atoms with Crippen LogP contribution in [0.15, 0.2) is 42.1 Å². The lowest BCUT2D eigenvalue weighted by molar-refractivity contribution is -0.274. The van der Waals surface area contributed by atoms with Gasteiger partial charge in [0.25, 0.3) is 0 Å². The van der Waals surface area contributed by atoms with E-state index in [-0.39, 0.29) is 5.69 Å². The van der Waals surface area contributed by atoms with Crippen molar-refractivity contribution in [2.75, 3.05) is 23.4 Å². The summed E-state index contributed by atoms with van der Waals surface area (Å²) in [6, 6.07) is 2.79. The van der Waals surface area contributed by atoms with Crippen LogP contribution in [0.25, 0.3) is 0 Å². The molecule has 0 saturated heterocycles. The SMILES string of the molecule is O=C(Nc1cc(OCC(F)(F)F)nc(OCC(F)(F)F)n1)N(C1=CC1)c1ccc(OC(F)(F)F)cc1. The van der Waals surface area contributed by atoms with Gasteiger partial charge in [0.15, 0.2) is 13.2 Å². The molecule has 0 radical (unpaired) electrons. The maximum Gasteiger partial charge on any atom is 0.573 e. The molecule has 0 unspecified atom stereocenters. The van der Waals surface area contributed by atoms with Crippen LogP contribution in [0.4, 0.5) is 55.8 Å². The van der Waals surface area contributed by atoms with Crippen LogP contribution in [0, 0.1) is 0 Å². The van der Waals surface area contributed by atoms with E-state index in [2.05, 4.69) is 29.5 Å². The number of nitrogens with one attached hydrogen (secondary N) is 1. The number of nitrogens with zero attached hydrogens (tertiary/aromatic N) is 3. The van der Waals surface area contributed by atoms with E-state index in [0.29, 0.717) is 18.2 Å². The Balaban J connectivity index is 1.81. The quantitative estimate of drug-likeness (QED) is 0.447. The third-order valence-corrected chi connectivity index (χ3v) is 3.87. The number of allylic oxidation sites excluding steroid dienone is 2. The number of urea groups is 1. The van der Waals surface area contributed by atoms with Gasteiger partial charge in [-0.2, -0.15) is 36.3 Å². The van der Waals surface area contributed by atoms with Crippen molar-refractivity contribution in [3.8, 4) is 17.6 Å². The second-order valence-electron chi connectivity index (χ2n) is 6.89. The summed E-state index contributed by atoms with van der Waals surface area (Å²) in [6.45, 7) is -3.73. The highest BCUT2D eigenvalue weighted by atomic mass is 19.4. The third-order valence-electron chi connectivity index (χ3n) is 3.87. The normalized spacial score (nSPS) is 13.5. The van der Waals surface area contributed by atoms with E-state index in [9.17, 15) is 44.3 Å². The summed E-state index contributed by atoms with van der Waals surface area (Å²) in [6.07, 6.45) is -12.7. The van der Waals surface area contributed by atoms with E-state index in [1.165, 1.54) is 0 Å². The van der Waals surface area contributed by atoms with Gasteiger partial charge < -0.3 is 14.2 Å². The molecule has 1 aromatic heterocycles. The minimum absolute atomic E-state index is 0.0712. The van der Waals surface area contributed by atoms with E-state index in [0.717, 1.165) is 29.2 Å². The Morgan fingerprint density at radius 1 is 0.917 bits per heavy atom. The molecule has 2 aromatic rings. The predicted octanol–water partition coefficient (Wildman–Crippen LogP) is 5.58. The highest BCUT2D eigenvalue weighted by molar-refractivity contribution is 6.04. The van der Waals surface area contributed by atoms with Crippen LogP contribution in [-0.4, -0.2) is 47.9 Å². The number of benzene rings is 1. The second kappa shape index (κ2) is 9.98. The molecule has 1 aliphatic rings. The standard InChI is InChI=1S/C19H13F9N4O4/c20-17(21,22)8-34-14-7-13(29-15(31-14)35-9-18(23,24)25)30-16(33)32(10-1-2-10)11-3-5-12(6-4-11)36-19(26,27)28/h1,3-7H,2,8-9H2,(H,29,30,31,33). The van der Waals surface area contributed by atoms with Crippen molar-refractivity contribution in [2.24, 2.45) is 0 Å². The average molecular weight is 532 g/mol. The first-order valence-electron chi connectivity index (χ1n) is 9.52. The molecular weight excluding hydrogens is 519 g/mol. The summed E-state index contributed by atoms with van der Waals surface area (Å²) < 4.78 is 124. The molecule has 1 aliphatic carbocycles. The Kier molecular flexibility index (Phi) is 7.40. The number of carbonyl (C=O) groups is 1. The van der Waals surface area contributed by atoms with Gasteiger partial charge in [0, 0.05) is 18.2 Å². The lowest BCUT2D eigenvalue weighted by atomic mass is 10.3. The Labute approximate surface area is 195 Å². The smallest absolute Gasteiger partial charge is 0.468 e. The number of anilines is 2. The van der Waals surface area contributed by atoms with Gasteiger partial charge in [-0.3, -0.25) is 10.2 Å². The van der Waals surface area contributed by atoms with Crippen molar-refractivity contribution in [3.63, 3.8) is 0 Å². The van der Waals surface area contributed by atoms with Crippen LogP contribution in [0.5, 0.6) is 17.6 Å². The highest BCUT2D eigenvalue weighted by Crippen LogP contribution is 2.33. The monoisotopic (exact) mass is 532 g/mol. The molecule has 0 saturated carbocycles. The van der Waals surface area contributed by atoms with Crippen LogP contribution in [0.1, 0.15) is 6.42 Å². The minimum atomic E-state index is -4.94. The van der Waals surface area contributed by atoms with Crippen molar-refractivity contribution in [3.05, 3.63) is 42.1 Å². The number of rotatable bonds is 8. The van der Waals surface area contributed by atoms with Crippen molar-refractivity contribution in [1.82, 2.24) is 9.97 Å². The van der Waals surface area contributed by atoms with Crippen LogP contribution >= 0.6 is 0 Å². The summed E-state index contributed by atoms with van der Waals surface area (Å²) in [5, 5.41) is 2.15. The molecular formula is C19H13F9N4O4. The van der Waals surface area contributed by atoms with E-state index in [4.69, 9.17) is 0 Å². The summed E-state index contributed by atoms with van der Waals surface area (Å²) in [5.41, 5.74) is 0.468. The Bertz CT molecular complexity index is 1080. The molecule has 0 spiro atoms. The fourth-order valence-electron chi connectivity index (χ4n) is 2.51. The van der Waals surface area contributed by atoms with E-state index in [1.807, 2.05) is 0 Å². The summed E-state index contributed by atoms with van der Waals surface area (Å²) in [5.74, 6) is -1.99. The highest BCUT2D eigenvalue weighted by Gasteiger charge is 2.33. The zero-order valence-electron chi connectivity index (χ0n) is 17.5. The van der Waals surface area contributed by atoms with Crippen LogP contribution in [0.2, 0.25) is 0 Å². The van der Waals surface area contributed by atoms with E-state index < -0.39 is 61.4 Å². The van der Waals surface area contributed by atoms with E-state index >= 15 is 0 Å². The Morgan fingerprint density at radius 2 is 1.50 bits per heavy atom. The zero-order chi connectivity index (χ0) is 26.7. The molecule has 0 aliphatic heterocycles. The van der Waals surface area contributed by atoms with E-state index in [1.54, 1.807) is 6.08 Å². The fourth-order valence-corrected chi connectivity index (χ4v) is 2.51. The summed E-state index contributed by atoms with van der Waals surface area (Å²) in [4.78, 5) is 20.6.